The van der Waals surface area contributed by atoms with Crippen molar-refractivity contribution in [2.45, 2.75) is 71.8 Å². The minimum absolute atomic E-state index is 0.00719. The Labute approximate surface area is 178 Å². The van der Waals surface area contributed by atoms with Crippen molar-refractivity contribution in [2.24, 2.45) is 0 Å². The molecule has 0 saturated heterocycles. The molecule has 6 nitrogen and oxygen atoms in total. The molecule has 0 radical (unpaired) electrons. The first-order chi connectivity index (χ1) is 13.9. The van der Waals surface area contributed by atoms with E-state index in [4.69, 9.17) is 0 Å². The quantitative estimate of drug-likeness (QED) is 0.701. The number of nitrogens with zero attached hydrogens (tertiary/aromatic N) is 2. The number of carbonyl (C=O) groups is 2. The number of aromatic nitrogens is 2. The molecule has 4 rings (SSSR count). The number of pyridine rings is 2. The van der Waals surface area contributed by atoms with E-state index in [-0.39, 0.29) is 22.6 Å². The maximum absolute atomic E-state index is 11.6. The van der Waals surface area contributed by atoms with Crippen molar-refractivity contribution in [3.63, 3.8) is 0 Å². The van der Waals surface area contributed by atoms with Crippen LogP contribution in [-0.2, 0) is 35.0 Å². The number of amides is 2. The number of nitrogens with one attached hydrogen (secondary N) is 2. The molecule has 2 aromatic heterocycles. The van der Waals surface area contributed by atoms with Crippen LogP contribution >= 0.6 is 0 Å². The molecule has 0 aliphatic carbocycles. The third kappa shape index (κ3) is 5.04. The smallest absolute Gasteiger partial charge is 0.251 e. The molecular formula is C24H32N4O2. The number of hydrogen-bond donors (Lipinski definition) is 2. The summed E-state index contributed by atoms with van der Waals surface area (Å²) in [6.07, 6.45) is 5.04. The van der Waals surface area contributed by atoms with Gasteiger partial charge in [0.15, 0.2) is 0 Å². The maximum atomic E-state index is 11.6. The van der Waals surface area contributed by atoms with Crippen LogP contribution in [0.3, 0.4) is 0 Å². The second-order valence-corrected chi connectivity index (χ2v) is 10.0. The van der Waals surface area contributed by atoms with Gasteiger partial charge in [-0.2, -0.15) is 0 Å². The summed E-state index contributed by atoms with van der Waals surface area (Å²) in [7, 11) is 0. The predicted molar refractivity (Wildman–Crippen MR) is 117 cm³/mol. The van der Waals surface area contributed by atoms with Crippen LogP contribution in [0.25, 0.3) is 0 Å². The van der Waals surface area contributed by atoms with Crippen molar-refractivity contribution >= 4 is 11.8 Å². The lowest BCUT2D eigenvalue weighted by molar-refractivity contribution is -0.121. The summed E-state index contributed by atoms with van der Waals surface area (Å²) in [6.45, 7) is 14.1. The van der Waals surface area contributed by atoms with Crippen LogP contribution in [-0.4, -0.2) is 28.3 Å². The molecule has 2 N–H and O–H groups in total. The van der Waals surface area contributed by atoms with Gasteiger partial charge >= 0.3 is 0 Å². The zero-order valence-electron chi connectivity index (χ0n) is 18.8. The fourth-order valence-electron chi connectivity index (χ4n) is 3.40. The van der Waals surface area contributed by atoms with Crippen LogP contribution in [0.2, 0.25) is 0 Å². The zero-order chi connectivity index (χ0) is 22.1. The first-order valence-electron chi connectivity index (χ1n) is 10.5. The summed E-state index contributed by atoms with van der Waals surface area (Å²) in [5.41, 5.74) is 6.23. The van der Waals surface area contributed by atoms with E-state index in [1.807, 2.05) is 18.5 Å². The standard InChI is InChI=1S/2C12H16N2O/c1-12(2,3)10-4-8-7-14-11(15)5-9(8)6-13-10;1-12(2,3)10-6-9-8(7-14-10)4-5-13-11(9)15/h4,6H,5,7H2,1-3H3,(H,14,15);6-7H,4-5H2,1-3H3,(H,13,15). The first-order valence-corrected chi connectivity index (χ1v) is 10.5. The van der Waals surface area contributed by atoms with Gasteiger partial charge in [-0.1, -0.05) is 41.5 Å². The monoisotopic (exact) mass is 408 g/mol. The van der Waals surface area contributed by atoms with E-state index in [1.54, 1.807) is 0 Å². The average Bonchev–Trinajstić information content (AvgIpc) is 2.66. The molecule has 6 heteroatoms. The zero-order valence-corrected chi connectivity index (χ0v) is 18.8. The summed E-state index contributed by atoms with van der Waals surface area (Å²) in [5, 5.41) is 5.70. The van der Waals surface area contributed by atoms with Crippen LogP contribution in [0, 0.1) is 0 Å². The van der Waals surface area contributed by atoms with Gasteiger partial charge < -0.3 is 10.6 Å². The van der Waals surface area contributed by atoms with E-state index in [2.05, 4.69) is 68.2 Å². The van der Waals surface area contributed by atoms with E-state index in [9.17, 15) is 9.59 Å². The summed E-state index contributed by atoms with van der Waals surface area (Å²) in [6, 6.07) is 4.03. The third-order valence-electron chi connectivity index (χ3n) is 5.36. The molecule has 0 atom stereocenters. The van der Waals surface area contributed by atoms with Crippen LogP contribution in [0.1, 0.15) is 80.0 Å². The van der Waals surface area contributed by atoms with E-state index in [1.165, 1.54) is 5.56 Å². The van der Waals surface area contributed by atoms with E-state index in [0.29, 0.717) is 13.0 Å². The molecule has 0 bridgehead atoms. The molecule has 2 aliphatic heterocycles. The molecule has 0 aromatic carbocycles. The second-order valence-electron chi connectivity index (χ2n) is 10.0. The normalized spacial score (nSPS) is 15.8. The summed E-state index contributed by atoms with van der Waals surface area (Å²) < 4.78 is 0. The highest BCUT2D eigenvalue weighted by Crippen LogP contribution is 2.24. The van der Waals surface area contributed by atoms with Crippen molar-refractivity contribution in [3.8, 4) is 0 Å². The summed E-state index contributed by atoms with van der Waals surface area (Å²) >= 11 is 0. The highest BCUT2D eigenvalue weighted by Gasteiger charge is 2.22. The number of hydrogen-bond acceptors (Lipinski definition) is 4. The lowest BCUT2D eigenvalue weighted by atomic mass is 9.89. The van der Waals surface area contributed by atoms with Gasteiger partial charge in [-0.25, -0.2) is 0 Å². The van der Waals surface area contributed by atoms with Gasteiger partial charge in [0.1, 0.15) is 0 Å². The molecule has 2 aliphatic rings. The molecule has 0 saturated carbocycles. The number of carbonyl (C=O) groups excluding carboxylic acids is 2. The Bertz CT molecular complexity index is 968. The fraction of sp³-hybridized carbons (Fsp3) is 0.500. The van der Waals surface area contributed by atoms with E-state index >= 15 is 0 Å². The lowest BCUT2D eigenvalue weighted by Crippen LogP contribution is -2.32. The van der Waals surface area contributed by atoms with Gasteiger partial charge in [-0.15, -0.1) is 0 Å². The Morgan fingerprint density at radius 3 is 2.03 bits per heavy atom. The van der Waals surface area contributed by atoms with Gasteiger partial charge in [-0.05, 0) is 35.2 Å². The molecule has 0 unspecified atom stereocenters. The first kappa shape index (κ1) is 21.9. The van der Waals surface area contributed by atoms with Crippen LogP contribution in [0.15, 0.2) is 24.5 Å². The molecule has 0 fully saturated rings. The Morgan fingerprint density at radius 2 is 1.40 bits per heavy atom. The maximum Gasteiger partial charge on any atom is 0.251 e. The largest absolute Gasteiger partial charge is 0.352 e. The van der Waals surface area contributed by atoms with Crippen molar-refractivity contribution in [1.82, 2.24) is 20.6 Å². The molecule has 160 valence electrons. The van der Waals surface area contributed by atoms with Crippen LogP contribution in [0.5, 0.6) is 0 Å². The van der Waals surface area contributed by atoms with Crippen LogP contribution < -0.4 is 10.6 Å². The Balaban J connectivity index is 0.000000171. The van der Waals surface area contributed by atoms with Crippen LogP contribution in [0.4, 0.5) is 0 Å². The van der Waals surface area contributed by atoms with Gasteiger partial charge in [0.05, 0.1) is 6.42 Å². The Hall–Kier alpha value is -2.76. The molecule has 0 spiro atoms. The molecular weight excluding hydrogens is 376 g/mol. The van der Waals surface area contributed by atoms with E-state index in [0.717, 1.165) is 41.0 Å². The van der Waals surface area contributed by atoms with Crippen molar-refractivity contribution in [3.05, 3.63) is 58.2 Å². The Morgan fingerprint density at radius 1 is 0.800 bits per heavy atom. The number of fused-ring (bicyclic) bond motifs is 2. The van der Waals surface area contributed by atoms with Gasteiger partial charge in [0, 0.05) is 53.3 Å². The van der Waals surface area contributed by atoms with Gasteiger partial charge in [-0.3, -0.25) is 19.6 Å². The Kier molecular flexibility index (Phi) is 5.97. The summed E-state index contributed by atoms with van der Waals surface area (Å²) in [5.74, 6) is 0.122. The SMILES string of the molecule is CC(C)(C)c1cc2c(cn1)CC(=O)NC2.CC(C)(C)c1cc2c(cn1)CCNC2=O. The van der Waals surface area contributed by atoms with E-state index < -0.39 is 0 Å². The van der Waals surface area contributed by atoms with Gasteiger partial charge in [0.25, 0.3) is 5.91 Å². The predicted octanol–water partition coefficient (Wildman–Crippen LogP) is 3.22. The topological polar surface area (TPSA) is 84.0 Å². The minimum Gasteiger partial charge on any atom is -0.352 e. The lowest BCUT2D eigenvalue weighted by Gasteiger charge is -2.22. The average molecular weight is 409 g/mol. The highest BCUT2D eigenvalue weighted by atomic mass is 16.2. The molecule has 2 aromatic rings. The second kappa shape index (κ2) is 8.17. The fourth-order valence-corrected chi connectivity index (χ4v) is 3.40. The van der Waals surface area contributed by atoms with Crippen molar-refractivity contribution in [1.29, 1.82) is 0 Å². The third-order valence-corrected chi connectivity index (χ3v) is 5.36. The molecule has 4 heterocycles. The summed E-state index contributed by atoms with van der Waals surface area (Å²) in [4.78, 5) is 31.6. The molecule has 30 heavy (non-hydrogen) atoms. The minimum atomic E-state index is -0.00719. The van der Waals surface area contributed by atoms with Crippen molar-refractivity contribution in [2.75, 3.05) is 6.54 Å². The highest BCUT2D eigenvalue weighted by molar-refractivity contribution is 5.96. The number of rotatable bonds is 0. The molecule has 2 amide bonds. The van der Waals surface area contributed by atoms with Crippen molar-refractivity contribution < 1.29 is 9.59 Å². The van der Waals surface area contributed by atoms with Gasteiger partial charge in [0.2, 0.25) is 5.91 Å².